The Morgan fingerprint density at radius 2 is 1.96 bits per heavy atom. The molecule has 2 rings (SSSR count). The summed E-state index contributed by atoms with van der Waals surface area (Å²) in [7, 11) is 1.28. The number of carboxylic acid groups (broad SMARTS) is 1. The second-order valence-electron chi connectivity index (χ2n) is 5.40. The molecule has 1 saturated heterocycles. The molecule has 1 aliphatic heterocycles. The van der Waals surface area contributed by atoms with Gasteiger partial charge in [0.1, 0.15) is 6.10 Å². The van der Waals surface area contributed by atoms with Crippen molar-refractivity contribution in [2.45, 2.75) is 25.9 Å². The zero-order valence-corrected chi connectivity index (χ0v) is 13.8. The third-order valence-corrected chi connectivity index (χ3v) is 3.83. The average molecular weight is 338 g/mol. The third kappa shape index (κ3) is 4.01. The van der Waals surface area contributed by atoms with E-state index in [1.807, 2.05) is 6.92 Å². The largest absolute Gasteiger partial charge is 0.490 e. The Hall–Kier alpha value is -2.64. The lowest BCUT2D eigenvalue weighted by Crippen LogP contribution is -2.41. The van der Waals surface area contributed by atoms with E-state index in [4.69, 9.17) is 25.1 Å². The molecule has 1 aliphatic rings. The molecule has 0 spiro atoms. The molecule has 0 aromatic heterocycles. The summed E-state index contributed by atoms with van der Waals surface area (Å²) in [5, 5.41) is 8.98. The van der Waals surface area contributed by atoms with Crippen LogP contribution in [0.5, 0.6) is 11.5 Å². The van der Waals surface area contributed by atoms with Gasteiger partial charge in [-0.15, -0.1) is 0 Å². The fraction of sp³-hybridized carbons (Fsp3) is 0.500. The van der Waals surface area contributed by atoms with Gasteiger partial charge < -0.3 is 30.0 Å². The lowest BCUT2D eigenvalue weighted by atomic mass is 10.1. The minimum absolute atomic E-state index is 0.158. The van der Waals surface area contributed by atoms with Crippen LogP contribution >= 0.6 is 0 Å². The summed E-state index contributed by atoms with van der Waals surface area (Å²) >= 11 is 0. The SMILES string of the molecule is CCOc1cc(N)c(C(=O)OC)cc1OC1CCN(C(=O)O)CC1. The summed E-state index contributed by atoms with van der Waals surface area (Å²) in [6.07, 6.45) is 0.0452. The Morgan fingerprint density at radius 1 is 1.29 bits per heavy atom. The Labute approximate surface area is 140 Å². The molecule has 1 aromatic rings. The van der Waals surface area contributed by atoms with Crippen molar-refractivity contribution in [3.8, 4) is 11.5 Å². The molecule has 3 N–H and O–H groups in total. The van der Waals surface area contributed by atoms with Gasteiger partial charge in [-0.1, -0.05) is 0 Å². The smallest absolute Gasteiger partial charge is 0.407 e. The first-order valence-electron chi connectivity index (χ1n) is 7.75. The number of methoxy groups -OCH3 is 1. The molecule has 0 radical (unpaired) electrons. The summed E-state index contributed by atoms with van der Waals surface area (Å²) in [5.41, 5.74) is 6.33. The fourth-order valence-corrected chi connectivity index (χ4v) is 2.57. The molecular formula is C16H22N2O6. The first-order valence-corrected chi connectivity index (χ1v) is 7.75. The number of piperidine rings is 1. The summed E-state index contributed by atoms with van der Waals surface area (Å²) < 4.78 is 16.2. The van der Waals surface area contributed by atoms with Gasteiger partial charge in [-0.25, -0.2) is 9.59 Å². The molecule has 8 heteroatoms. The highest BCUT2D eigenvalue weighted by Gasteiger charge is 2.25. The van der Waals surface area contributed by atoms with E-state index in [0.29, 0.717) is 44.0 Å². The number of nitrogen functional groups attached to an aromatic ring is 1. The van der Waals surface area contributed by atoms with Crippen molar-refractivity contribution in [1.29, 1.82) is 0 Å². The van der Waals surface area contributed by atoms with Crippen molar-refractivity contribution in [2.24, 2.45) is 0 Å². The molecule has 24 heavy (non-hydrogen) atoms. The number of hydrogen-bond acceptors (Lipinski definition) is 6. The number of ether oxygens (including phenoxy) is 3. The van der Waals surface area contributed by atoms with Crippen LogP contribution in [0.3, 0.4) is 0 Å². The van der Waals surface area contributed by atoms with E-state index < -0.39 is 12.1 Å². The molecule has 1 amide bonds. The maximum absolute atomic E-state index is 11.8. The van der Waals surface area contributed by atoms with Crippen molar-refractivity contribution in [3.05, 3.63) is 17.7 Å². The number of benzene rings is 1. The Morgan fingerprint density at radius 3 is 2.50 bits per heavy atom. The number of nitrogens with zero attached hydrogens (tertiary/aromatic N) is 1. The number of nitrogens with two attached hydrogens (primary N) is 1. The second-order valence-corrected chi connectivity index (χ2v) is 5.40. The van der Waals surface area contributed by atoms with Crippen LogP contribution in [0.25, 0.3) is 0 Å². The summed E-state index contributed by atoms with van der Waals surface area (Å²) in [6.45, 7) is 3.07. The van der Waals surface area contributed by atoms with Gasteiger partial charge in [-0.3, -0.25) is 0 Å². The number of amides is 1. The van der Waals surface area contributed by atoms with Crippen LogP contribution in [0.2, 0.25) is 0 Å². The molecule has 1 aromatic carbocycles. The highest BCUT2D eigenvalue weighted by molar-refractivity contribution is 5.96. The monoisotopic (exact) mass is 338 g/mol. The van der Waals surface area contributed by atoms with Crippen molar-refractivity contribution >= 4 is 17.7 Å². The van der Waals surface area contributed by atoms with Gasteiger partial charge in [0, 0.05) is 38.1 Å². The van der Waals surface area contributed by atoms with E-state index in [9.17, 15) is 9.59 Å². The second kappa shape index (κ2) is 7.76. The molecule has 1 heterocycles. The Kier molecular flexibility index (Phi) is 5.73. The van der Waals surface area contributed by atoms with Crippen LogP contribution in [0, 0.1) is 0 Å². The maximum atomic E-state index is 11.8. The maximum Gasteiger partial charge on any atom is 0.407 e. The fourth-order valence-electron chi connectivity index (χ4n) is 2.57. The number of carbonyl (C=O) groups is 2. The van der Waals surface area contributed by atoms with Gasteiger partial charge in [-0.05, 0) is 6.92 Å². The lowest BCUT2D eigenvalue weighted by molar-refractivity contribution is 0.0598. The highest BCUT2D eigenvalue weighted by atomic mass is 16.5. The van der Waals surface area contributed by atoms with E-state index in [1.165, 1.54) is 24.1 Å². The van der Waals surface area contributed by atoms with Crippen molar-refractivity contribution in [3.63, 3.8) is 0 Å². The Bertz CT molecular complexity index is 611. The van der Waals surface area contributed by atoms with E-state index in [1.54, 1.807) is 0 Å². The van der Waals surface area contributed by atoms with Gasteiger partial charge in [-0.2, -0.15) is 0 Å². The van der Waals surface area contributed by atoms with E-state index in [-0.39, 0.29) is 17.4 Å². The molecule has 8 nitrogen and oxygen atoms in total. The standard InChI is InChI=1S/C16H22N2O6/c1-3-23-13-9-12(17)11(15(19)22-2)8-14(13)24-10-4-6-18(7-5-10)16(20)21/h8-10H,3-7,17H2,1-2H3,(H,20,21). The molecule has 0 atom stereocenters. The van der Waals surface area contributed by atoms with Crippen molar-refractivity contribution in [1.82, 2.24) is 4.90 Å². The highest BCUT2D eigenvalue weighted by Crippen LogP contribution is 2.34. The lowest BCUT2D eigenvalue weighted by Gasteiger charge is -2.30. The van der Waals surface area contributed by atoms with E-state index in [2.05, 4.69) is 0 Å². The number of anilines is 1. The summed E-state index contributed by atoms with van der Waals surface area (Å²) in [6, 6.07) is 3.05. The zero-order chi connectivity index (χ0) is 17.7. The normalized spacial score (nSPS) is 15.0. The molecular weight excluding hydrogens is 316 g/mol. The van der Waals surface area contributed by atoms with Gasteiger partial charge in [0.05, 0.1) is 25.0 Å². The van der Waals surface area contributed by atoms with Crippen LogP contribution in [0.15, 0.2) is 12.1 Å². The van der Waals surface area contributed by atoms with Gasteiger partial charge >= 0.3 is 12.1 Å². The number of esters is 1. The molecule has 1 fully saturated rings. The van der Waals surface area contributed by atoms with Gasteiger partial charge in [0.15, 0.2) is 11.5 Å². The van der Waals surface area contributed by atoms with Crippen molar-refractivity contribution in [2.75, 3.05) is 32.5 Å². The van der Waals surface area contributed by atoms with Crippen molar-refractivity contribution < 1.29 is 28.9 Å². The quantitative estimate of drug-likeness (QED) is 0.623. The topological polar surface area (TPSA) is 111 Å². The summed E-state index contributed by atoms with van der Waals surface area (Å²) in [5.74, 6) is 0.296. The first kappa shape index (κ1) is 17.7. The molecule has 0 unspecified atom stereocenters. The predicted molar refractivity (Wildman–Crippen MR) is 86.6 cm³/mol. The van der Waals surface area contributed by atoms with Gasteiger partial charge in [0.2, 0.25) is 0 Å². The van der Waals surface area contributed by atoms with Crippen LogP contribution in [0.4, 0.5) is 10.5 Å². The zero-order valence-electron chi connectivity index (χ0n) is 13.8. The molecule has 0 saturated carbocycles. The summed E-state index contributed by atoms with van der Waals surface area (Å²) in [4.78, 5) is 24.1. The van der Waals surface area contributed by atoms with Crippen LogP contribution in [-0.2, 0) is 4.74 Å². The van der Waals surface area contributed by atoms with E-state index >= 15 is 0 Å². The molecule has 132 valence electrons. The van der Waals surface area contributed by atoms with Crippen LogP contribution < -0.4 is 15.2 Å². The van der Waals surface area contributed by atoms with Crippen LogP contribution in [0.1, 0.15) is 30.1 Å². The average Bonchev–Trinajstić information content (AvgIpc) is 2.57. The minimum atomic E-state index is -0.927. The van der Waals surface area contributed by atoms with Gasteiger partial charge in [0.25, 0.3) is 0 Å². The molecule has 0 bridgehead atoms. The first-order chi connectivity index (χ1) is 11.5. The number of likely N-dealkylation sites (tertiary alicyclic amines) is 1. The number of carbonyl (C=O) groups excluding carboxylic acids is 1. The Balaban J connectivity index is 2.18. The van der Waals surface area contributed by atoms with E-state index in [0.717, 1.165) is 0 Å². The number of hydrogen-bond donors (Lipinski definition) is 2. The third-order valence-electron chi connectivity index (χ3n) is 3.83. The predicted octanol–water partition coefficient (Wildman–Crippen LogP) is 1.98. The minimum Gasteiger partial charge on any atom is -0.490 e. The molecule has 0 aliphatic carbocycles. The number of rotatable bonds is 5. The van der Waals surface area contributed by atoms with Crippen LogP contribution in [-0.4, -0.2) is 55.0 Å².